The van der Waals surface area contributed by atoms with E-state index < -0.39 is 36.2 Å². The number of benzene rings is 1. The zero-order valence-corrected chi connectivity index (χ0v) is 11.3. The van der Waals surface area contributed by atoms with E-state index in [2.05, 4.69) is 0 Å². The normalized spacial score (nSPS) is 17.1. The average molecular weight is 294 g/mol. The summed E-state index contributed by atoms with van der Waals surface area (Å²) in [6.45, 7) is 2.76. The average Bonchev–Trinajstić information content (AvgIpc) is 2.33. The number of carbonyl (C=O) groups is 2. The van der Waals surface area contributed by atoms with Gasteiger partial charge in [-0.3, -0.25) is 0 Å². The lowest BCUT2D eigenvalue weighted by molar-refractivity contribution is -0.222. The Hall–Kier alpha value is -2.19. The van der Waals surface area contributed by atoms with E-state index >= 15 is 0 Å². The SMILES string of the molecule is CC1(C)OC(=O)C(=Cc2c(F)cccc2B(O)O)C(=O)O1. The van der Waals surface area contributed by atoms with Crippen LogP contribution in [0.1, 0.15) is 19.4 Å². The van der Waals surface area contributed by atoms with Crippen LogP contribution in [0.5, 0.6) is 0 Å². The van der Waals surface area contributed by atoms with Gasteiger partial charge in [0.25, 0.3) is 5.79 Å². The Labute approximate surface area is 119 Å². The number of hydrogen-bond acceptors (Lipinski definition) is 6. The molecule has 2 rings (SSSR count). The molecule has 1 aromatic carbocycles. The minimum absolute atomic E-state index is 0.187. The molecule has 21 heavy (non-hydrogen) atoms. The maximum Gasteiger partial charge on any atom is 0.489 e. The van der Waals surface area contributed by atoms with Crippen LogP contribution in [0.3, 0.4) is 0 Å². The Morgan fingerprint density at radius 1 is 1.19 bits per heavy atom. The number of rotatable bonds is 2. The minimum Gasteiger partial charge on any atom is -0.423 e. The van der Waals surface area contributed by atoms with Crippen molar-refractivity contribution in [3.63, 3.8) is 0 Å². The van der Waals surface area contributed by atoms with Crippen LogP contribution >= 0.6 is 0 Å². The van der Waals surface area contributed by atoms with Gasteiger partial charge in [-0.15, -0.1) is 0 Å². The lowest BCUT2D eigenvalue weighted by Crippen LogP contribution is -2.42. The van der Waals surface area contributed by atoms with Crippen molar-refractivity contribution in [2.75, 3.05) is 0 Å². The minimum atomic E-state index is -1.96. The summed E-state index contributed by atoms with van der Waals surface area (Å²) in [4.78, 5) is 23.6. The van der Waals surface area contributed by atoms with E-state index in [-0.39, 0.29) is 11.0 Å². The molecule has 1 aromatic rings. The van der Waals surface area contributed by atoms with Crippen molar-refractivity contribution in [2.45, 2.75) is 19.6 Å². The van der Waals surface area contributed by atoms with Crippen LogP contribution in [-0.4, -0.2) is 34.9 Å². The van der Waals surface area contributed by atoms with Gasteiger partial charge in [0.1, 0.15) is 11.4 Å². The van der Waals surface area contributed by atoms with Crippen molar-refractivity contribution >= 4 is 30.6 Å². The molecule has 0 aliphatic carbocycles. The van der Waals surface area contributed by atoms with E-state index in [4.69, 9.17) is 9.47 Å². The summed E-state index contributed by atoms with van der Waals surface area (Å²) >= 11 is 0. The van der Waals surface area contributed by atoms with Gasteiger partial charge in [0, 0.05) is 19.4 Å². The van der Waals surface area contributed by atoms with Crippen LogP contribution in [0.15, 0.2) is 23.8 Å². The molecule has 1 aliphatic rings. The first-order valence-electron chi connectivity index (χ1n) is 6.04. The fourth-order valence-electron chi connectivity index (χ4n) is 1.85. The van der Waals surface area contributed by atoms with Crippen LogP contribution in [0, 0.1) is 5.82 Å². The zero-order valence-electron chi connectivity index (χ0n) is 11.3. The third-order valence-corrected chi connectivity index (χ3v) is 2.77. The number of esters is 2. The van der Waals surface area contributed by atoms with Crippen LogP contribution < -0.4 is 5.46 Å². The largest absolute Gasteiger partial charge is 0.489 e. The first-order chi connectivity index (χ1) is 9.71. The summed E-state index contributed by atoms with van der Waals surface area (Å²) < 4.78 is 23.5. The van der Waals surface area contributed by atoms with Crippen LogP contribution in [0.2, 0.25) is 0 Å². The highest BCUT2D eigenvalue weighted by atomic mass is 19.1. The van der Waals surface area contributed by atoms with Crippen molar-refractivity contribution in [1.29, 1.82) is 0 Å². The molecule has 0 radical (unpaired) electrons. The third kappa shape index (κ3) is 3.12. The third-order valence-electron chi connectivity index (χ3n) is 2.77. The smallest absolute Gasteiger partial charge is 0.423 e. The molecule has 6 nitrogen and oxygen atoms in total. The molecule has 2 N–H and O–H groups in total. The van der Waals surface area contributed by atoms with E-state index in [1.54, 1.807) is 0 Å². The zero-order chi connectivity index (χ0) is 15.8. The predicted molar refractivity (Wildman–Crippen MR) is 70.5 cm³/mol. The van der Waals surface area contributed by atoms with Crippen LogP contribution in [0.25, 0.3) is 6.08 Å². The number of halogens is 1. The molecular formula is C13H12BFO6. The Kier molecular flexibility index (Phi) is 3.84. The van der Waals surface area contributed by atoms with Gasteiger partial charge in [-0.1, -0.05) is 12.1 Å². The van der Waals surface area contributed by atoms with Crippen molar-refractivity contribution in [3.05, 3.63) is 35.2 Å². The monoisotopic (exact) mass is 294 g/mol. The highest BCUT2D eigenvalue weighted by Crippen LogP contribution is 2.24. The molecule has 0 aromatic heterocycles. The molecule has 8 heteroatoms. The van der Waals surface area contributed by atoms with E-state index in [0.717, 1.165) is 12.1 Å². The van der Waals surface area contributed by atoms with Gasteiger partial charge in [-0.25, -0.2) is 14.0 Å². The Morgan fingerprint density at radius 3 is 2.29 bits per heavy atom. The van der Waals surface area contributed by atoms with Crippen LogP contribution in [-0.2, 0) is 19.1 Å². The van der Waals surface area contributed by atoms with Gasteiger partial charge in [0.05, 0.1) is 0 Å². The molecule has 1 heterocycles. The van der Waals surface area contributed by atoms with E-state index in [9.17, 15) is 24.0 Å². The first kappa shape index (κ1) is 15.2. The lowest BCUT2D eigenvalue weighted by atomic mass is 9.76. The Balaban J connectivity index is 2.50. The van der Waals surface area contributed by atoms with Crippen molar-refractivity contribution in [1.82, 2.24) is 0 Å². The molecule has 1 fully saturated rings. The standard InChI is InChI=1S/C13H12BFO6/c1-13(2)20-11(16)8(12(17)21-13)6-7-9(14(18)19)4-3-5-10(7)15/h3-6,18-19H,1-2H3. The molecular weight excluding hydrogens is 282 g/mol. The van der Waals surface area contributed by atoms with Gasteiger partial charge >= 0.3 is 19.1 Å². The van der Waals surface area contributed by atoms with Crippen LogP contribution in [0.4, 0.5) is 4.39 Å². The van der Waals surface area contributed by atoms with E-state index in [1.807, 2.05) is 0 Å². The lowest BCUT2D eigenvalue weighted by Gasteiger charge is -2.29. The molecule has 1 saturated heterocycles. The second-order valence-electron chi connectivity index (χ2n) is 4.85. The fraction of sp³-hybridized carbons (Fsp3) is 0.231. The molecule has 1 aliphatic heterocycles. The Morgan fingerprint density at radius 2 is 1.76 bits per heavy atom. The van der Waals surface area contributed by atoms with Gasteiger partial charge in [-0.05, 0) is 17.6 Å². The summed E-state index contributed by atoms with van der Waals surface area (Å²) in [5.41, 5.74) is -1.01. The van der Waals surface area contributed by atoms with E-state index in [0.29, 0.717) is 0 Å². The fourth-order valence-corrected chi connectivity index (χ4v) is 1.85. The van der Waals surface area contributed by atoms with Gasteiger partial charge in [-0.2, -0.15) is 0 Å². The predicted octanol–water partition coefficient (Wildman–Crippen LogP) is -0.275. The maximum absolute atomic E-state index is 13.8. The summed E-state index contributed by atoms with van der Waals surface area (Å²) in [6, 6.07) is 3.58. The molecule has 0 unspecified atom stereocenters. The molecule has 0 bridgehead atoms. The van der Waals surface area contributed by atoms with Gasteiger partial charge in [0.15, 0.2) is 0 Å². The van der Waals surface area contributed by atoms with Crippen molar-refractivity contribution in [2.24, 2.45) is 0 Å². The molecule has 0 amide bonds. The first-order valence-corrected chi connectivity index (χ1v) is 6.04. The number of hydrogen-bond donors (Lipinski definition) is 2. The number of carbonyl (C=O) groups excluding carboxylic acids is 2. The topological polar surface area (TPSA) is 93.1 Å². The number of ether oxygens (including phenoxy) is 2. The summed E-state index contributed by atoms with van der Waals surface area (Å²) in [5, 5.41) is 18.4. The van der Waals surface area contributed by atoms with Crippen molar-refractivity contribution < 1.29 is 33.5 Å². The molecule has 0 saturated carbocycles. The van der Waals surface area contributed by atoms with E-state index in [1.165, 1.54) is 26.0 Å². The quantitative estimate of drug-likeness (QED) is 0.337. The second kappa shape index (κ2) is 5.30. The maximum atomic E-state index is 13.8. The van der Waals surface area contributed by atoms with Crippen molar-refractivity contribution in [3.8, 4) is 0 Å². The number of cyclic esters (lactones) is 2. The summed E-state index contributed by atoms with van der Waals surface area (Å²) in [6.07, 6.45) is 0.879. The summed E-state index contributed by atoms with van der Waals surface area (Å²) in [5.74, 6) is -4.17. The van der Waals surface area contributed by atoms with Gasteiger partial charge in [0.2, 0.25) is 0 Å². The molecule has 0 atom stereocenters. The highest BCUT2D eigenvalue weighted by molar-refractivity contribution is 6.59. The molecule has 110 valence electrons. The second-order valence-corrected chi connectivity index (χ2v) is 4.85. The molecule has 0 spiro atoms. The summed E-state index contributed by atoms with van der Waals surface area (Å²) in [7, 11) is -1.96. The Bertz CT molecular complexity index is 616. The van der Waals surface area contributed by atoms with Gasteiger partial charge < -0.3 is 19.5 Å². The highest BCUT2D eigenvalue weighted by Gasteiger charge is 2.39.